The minimum atomic E-state index is 0.00226. The molecule has 0 amide bonds. The number of hydrogen-bond donors (Lipinski definition) is 0. The van der Waals surface area contributed by atoms with E-state index in [1.807, 2.05) is 12.1 Å². The van der Waals surface area contributed by atoms with Crippen molar-refractivity contribution in [2.45, 2.75) is 64.2 Å². The zero-order valence-corrected chi connectivity index (χ0v) is 12.7. The van der Waals surface area contributed by atoms with Gasteiger partial charge in [0.25, 0.3) is 0 Å². The van der Waals surface area contributed by atoms with Crippen molar-refractivity contribution in [2.24, 2.45) is 17.8 Å². The average molecular weight is 274 g/mol. The van der Waals surface area contributed by atoms with Crippen molar-refractivity contribution in [1.29, 1.82) is 0 Å². The van der Waals surface area contributed by atoms with E-state index in [1.54, 1.807) is 12.1 Å². The van der Waals surface area contributed by atoms with Gasteiger partial charge in [-0.25, -0.2) is 4.39 Å². The lowest BCUT2D eigenvalue weighted by molar-refractivity contribution is 0.164. The Morgan fingerprint density at radius 1 is 0.800 bits per heavy atom. The highest BCUT2D eigenvalue weighted by Gasteiger charge is 2.30. The van der Waals surface area contributed by atoms with Crippen molar-refractivity contribution in [3.8, 4) is 0 Å². The van der Waals surface area contributed by atoms with Crippen LogP contribution in [-0.2, 0) is 0 Å². The minimum Gasteiger partial charge on any atom is -0.207 e. The second kappa shape index (κ2) is 6.28. The van der Waals surface area contributed by atoms with Crippen molar-refractivity contribution < 1.29 is 4.39 Å². The summed E-state index contributed by atoms with van der Waals surface area (Å²) in [6.07, 6.45) is 10.8. The Kier molecular flexibility index (Phi) is 4.43. The van der Waals surface area contributed by atoms with Crippen molar-refractivity contribution >= 4 is 0 Å². The molecule has 20 heavy (non-hydrogen) atoms. The SMILES string of the molecule is CC1CCC(C2CCC(c3ccccc3F)CC2)CC1. The smallest absolute Gasteiger partial charge is 0.126 e. The van der Waals surface area contributed by atoms with Crippen LogP contribution in [0.15, 0.2) is 24.3 Å². The summed E-state index contributed by atoms with van der Waals surface area (Å²) in [7, 11) is 0. The fourth-order valence-corrected chi connectivity index (χ4v) is 4.47. The Balaban J connectivity index is 1.56. The number of rotatable bonds is 2. The van der Waals surface area contributed by atoms with E-state index in [2.05, 4.69) is 6.92 Å². The lowest BCUT2D eigenvalue weighted by Gasteiger charge is -2.37. The van der Waals surface area contributed by atoms with Gasteiger partial charge in [0.15, 0.2) is 0 Å². The summed E-state index contributed by atoms with van der Waals surface area (Å²) in [4.78, 5) is 0. The van der Waals surface area contributed by atoms with E-state index in [9.17, 15) is 4.39 Å². The molecular formula is C19H27F. The summed E-state index contributed by atoms with van der Waals surface area (Å²) in [5, 5.41) is 0. The zero-order chi connectivity index (χ0) is 13.9. The van der Waals surface area contributed by atoms with Crippen LogP contribution in [0, 0.1) is 23.6 Å². The van der Waals surface area contributed by atoms with E-state index in [1.165, 1.54) is 51.4 Å². The van der Waals surface area contributed by atoms with Gasteiger partial charge in [0.05, 0.1) is 0 Å². The van der Waals surface area contributed by atoms with E-state index in [0.717, 1.165) is 23.3 Å². The zero-order valence-electron chi connectivity index (χ0n) is 12.7. The number of halogens is 1. The van der Waals surface area contributed by atoms with Crippen molar-refractivity contribution in [1.82, 2.24) is 0 Å². The van der Waals surface area contributed by atoms with Gasteiger partial charge in [-0.1, -0.05) is 38.0 Å². The molecule has 0 bridgehead atoms. The van der Waals surface area contributed by atoms with Gasteiger partial charge < -0.3 is 0 Å². The molecule has 0 aliphatic heterocycles. The van der Waals surface area contributed by atoms with Crippen LogP contribution in [0.5, 0.6) is 0 Å². The summed E-state index contributed by atoms with van der Waals surface area (Å²) in [5.41, 5.74) is 0.961. The molecule has 0 unspecified atom stereocenters. The van der Waals surface area contributed by atoms with E-state index < -0.39 is 0 Å². The third kappa shape index (κ3) is 3.07. The maximum atomic E-state index is 13.9. The normalized spacial score (nSPS) is 34.9. The molecule has 2 aliphatic rings. The molecule has 0 N–H and O–H groups in total. The molecule has 1 heteroatoms. The highest BCUT2D eigenvalue weighted by molar-refractivity contribution is 5.22. The third-order valence-corrected chi connectivity index (χ3v) is 5.84. The average Bonchev–Trinajstić information content (AvgIpc) is 2.49. The molecule has 1 aromatic carbocycles. The lowest BCUT2D eigenvalue weighted by Crippen LogP contribution is -2.25. The Morgan fingerprint density at radius 2 is 1.35 bits per heavy atom. The molecule has 3 rings (SSSR count). The standard InChI is InChI=1S/C19H27F/c1-14-6-8-15(9-7-14)16-10-12-17(13-11-16)18-4-2-3-5-19(18)20/h2-5,14-17H,6-13H2,1H3. The molecule has 1 aromatic rings. The summed E-state index contributed by atoms with van der Waals surface area (Å²) in [6, 6.07) is 7.38. The van der Waals surface area contributed by atoms with Crippen LogP contribution in [0.4, 0.5) is 4.39 Å². The molecule has 0 atom stereocenters. The molecule has 0 spiro atoms. The number of benzene rings is 1. The fourth-order valence-electron chi connectivity index (χ4n) is 4.47. The molecule has 0 saturated heterocycles. The predicted octanol–water partition coefficient (Wildman–Crippen LogP) is 5.93. The Morgan fingerprint density at radius 3 is 1.95 bits per heavy atom. The van der Waals surface area contributed by atoms with E-state index in [0.29, 0.717) is 5.92 Å². The van der Waals surface area contributed by atoms with Gasteiger partial charge in [-0.3, -0.25) is 0 Å². The predicted molar refractivity (Wildman–Crippen MR) is 82.2 cm³/mol. The Hall–Kier alpha value is -0.850. The molecule has 110 valence electrons. The van der Waals surface area contributed by atoms with Crippen molar-refractivity contribution in [3.05, 3.63) is 35.6 Å². The molecule has 0 nitrogen and oxygen atoms in total. The van der Waals surface area contributed by atoms with Crippen LogP contribution in [0.25, 0.3) is 0 Å². The maximum Gasteiger partial charge on any atom is 0.126 e. The van der Waals surface area contributed by atoms with Crippen LogP contribution in [-0.4, -0.2) is 0 Å². The van der Waals surface area contributed by atoms with Gasteiger partial charge in [-0.05, 0) is 73.8 Å². The first-order valence-electron chi connectivity index (χ1n) is 8.48. The molecular weight excluding hydrogens is 247 g/mol. The fraction of sp³-hybridized carbons (Fsp3) is 0.684. The van der Waals surface area contributed by atoms with Crippen LogP contribution < -0.4 is 0 Å². The molecule has 0 aromatic heterocycles. The maximum absolute atomic E-state index is 13.9. The largest absolute Gasteiger partial charge is 0.207 e. The highest BCUT2D eigenvalue weighted by atomic mass is 19.1. The van der Waals surface area contributed by atoms with Crippen molar-refractivity contribution in [2.75, 3.05) is 0 Å². The number of hydrogen-bond acceptors (Lipinski definition) is 0. The topological polar surface area (TPSA) is 0 Å². The van der Waals surface area contributed by atoms with Crippen molar-refractivity contribution in [3.63, 3.8) is 0 Å². The molecule has 2 saturated carbocycles. The van der Waals surface area contributed by atoms with Crippen LogP contribution in [0.3, 0.4) is 0 Å². The third-order valence-electron chi connectivity index (χ3n) is 5.84. The van der Waals surface area contributed by atoms with Gasteiger partial charge >= 0.3 is 0 Å². The van der Waals surface area contributed by atoms with E-state index in [4.69, 9.17) is 0 Å². The molecule has 0 radical (unpaired) electrons. The first-order valence-corrected chi connectivity index (χ1v) is 8.48. The summed E-state index contributed by atoms with van der Waals surface area (Å²) in [6.45, 7) is 2.39. The van der Waals surface area contributed by atoms with E-state index in [-0.39, 0.29) is 5.82 Å². The summed E-state index contributed by atoms with van der Waals surface area (Å²) >= 11 is 0. The minimum absolute atomic E-state index is 0.00226. The monoisotopic (exact) mass is 274 g/mol. The molecule has 0 heterocycles. The second-order valence-corrected chi connectivity index (χ2v) is 7.15. The second-order valence-electron chi connectivity index (χ2n) is 7.15. The highest BCUT2D eigenvalue weighted by Crippen LogP contribution is 2.44. The Bertz CT molecular complexity index is 423. The summed E-state index contributed by atoms with van der Waals surface area (Å²) < 4.78 is 13.9. The molecule has 2 aliphatic carbocycles. The van der Waals surface area contributed by atoms with Gasteiger partial charge in [-0.15, -0.1) is 0 Å². The van der Waals surface area contributed by atoms with Crippen LogP contribution in [0.2, 0.25) is 0 Å². The first-order chi connectivity index (χ1) is 9.74. The van der Waals surface area contributed by atoms with Crippen LogP contribution >= 0.6 is 0 Å². The van der Waals surface area contributed by atoms with Gasteiger partial charge in [0.2, 0.25) is 0 Å². The van der Waals surface area contributed by atoms with Gasteiger partial charge in [0, 0.05) is 0 Å². The Labute approximate surface area is 122 Å². The van der Waals surface area contributed by atoms with Gasteiger partial charge in [-0.2, -0.15) is 0 Å². The van der Waals surface area contributed by atoms with Gasteiger partial charge in [0.1, 0.15) is 5.82 Å². The molecule has 2 fully saturated rings. The lowest BCUT2D eigenvalue weighted by atomic mass is 9.68. The first kappa shape index (κ1) is 14.1. The van der Waals surface area contributed by atoms with Crippen LogP contribution in [0.1, 0.15) is 69.8 Å². The summed E-state index contributed by atoms with van der Waals surface area (Å²) in [5.74, 6) is 3.30. The quantitative estimate of drug-likeness (QED) is 0.627. The van der Waals surface area contributed by atoms with E-state index >= 15 is 0 Å².